The highest BCUT2D eigenvalue weighted by Crippen LogP contribution is 2.16. The van der Waals surface area contributed by atoms with Crippen LogP contribution in [-0.4, -0.2) is 51.3 Å². The molecule has 6 nitrogen and oxygen atoms in total. The quantitative estimate of drug-likeness (QED) is 0.649. The van der Waals surface area contributed by atoms with Gasteiger partial charge in [0.2, 0.25) is 5.91 Å². The zero-order valence-electron chi connectivity index (χ0n) is 13.1. The molecule has 0 spiro atoms. The Balaban J connectivity index is 0.00000400. The number of hydrogen-bond acceptors (Lipinski definition) is 5. The van der Waals surface area contributed by atoms with Gasteiger partial charge in [-0.15, -0.1) is 12.4 Å². The summed E-state index contributed by atoms with van der Waals surface area (Å²) in [5.41, 5.74) is -0.715. The van der Waals surface area contributed by atoms with Crippen molar-refractivity contribution in [2.75, 3.05) is 33.9 Å². The number of carbonyl (C=O) groups excluding carboxylic acids is 2. The smallest absolute Gasteiger partial charge is 0.307 e. The number of esters is 1. The lowest BCUT2D eigenvalue weighted by Crippen LogP contribution is -2.51. The first kappa shape index (κ1) is 20.1. The minimum absolute atomic E-state index is 0. The van der Waals surface area contributed by atoms with Crippen LogP contribution in [0.25, 0.3) is 0 Å². The second-order valence-electron chi connectivity index (χ2n) is 5.69. The summed E-state index contributed by atoms with van der Waals surface area (Å²) in [5, 5.41) is 6.18. The fourth-order valence-electron chi connectivity index (χ4n) is 2.54. The van der Waals surface area contributed by atoms with Crippen molar-refractivity contribution in [1.82, 2.24) is 10.6 Å². The van der Waals surface area contributed by atoms with E-state index in [1.807, 2.05) is 0 Å². The molecule has 1 heterocycles. The van der Waals surface area contributed by atoms with E-state index in [0.29, 0.717) is 12.3 Å². The van der Waals surface area contributed by atoms with Gasteiger partial charge < -0.3 is 20.1 Å². The molecule has 0 aromatic rings. The largest absolute Gasteiger partial charge is 0.469 e. The number of methoxy groups -OCH3 is 2. The van der Waals surface area contributed by atoms with Gasteiger partial charge in [0.15, 0.2) is 0 Å². The van der Waals surface area contributed by atoms with E-state index in [2.05, 4.69) is 15.4 Å². The molecule has 7 heteroatoms. The van der Waals surface area contributed by atoms with Crippen LogP contribution in [-0.2, 0) is 19.1 Å². The zero-order chi connectivity index (χ0) is 15.0. The van der Waals surface area contributed by atoms with Crippen molar-refractivity contribution in [2.24, 2.45) is 5.92 Å². The first-order valence-electron chi connectivity index (χ1n) is 7.06. The molecule has 124 valence electrons. The summed E-state index contributed by atoms with van der Waals surface area (Å²) in [7, 11) is 2.89. The molecule has 1 fully saturated rings. The normalized spacial score (nSPS) is 20.2. The standard InChI is InChI=1S/C14H26N2O4.ClH/c1-14(10-19-2,8-13(18)20-3)16-12(17)5-4-11-6-7-15-9-11;/h11,15H,4-10H2,1-3H3,(H,16,17);1H. The topological polar surface area (TPSA) is 76.7 Å². The van der Waals surface area contributed by atoms with Gasteiger partial charge >= 0.3 is 5.97 Å². The molecule has 2 atom stereocenters. The first-order valence-corrected chi connectivity index (χ1v) is 7.06. The van der Waals surface area contributed by atoms with E-state index < -0.39 is 5.54 Å². The predicted octanol–water partition coefficient (Wildman–Crippen LogP) is 0.882. The molecule has 2 unspecified atom stereocenters. The number of rotatable bonds is 8. The molecule has 0 aromatic heterocycles. The minimum Gasteiger partial charge on any atom is -0.469 e. The molecular weight excluding hydrogens is 296 g/mol. The van der Waals surface area contributed by atoms with E-state index in [4.69, 9.17) is 4.74 Å². The Morgan fingerprint density at radius 1 is 1.38 bits per heavy atom. The van der Waals surface area contributed by atoms with Gasteiger partial charge in [-0.3, -0.25) is 9.59 Å². The van der Waals surface area contributed by atoms with E-state index >= 15 is 0 Å². The molecule has 1 aliphatic heterocycles. The Labute approximate surface area is 132 Å². The van der Waals surface area contributed by atoms with Crippen molar-refractivity contribution < 1.29 is 19.1 Å². The van der Waals surface area contributed by atoms with Gasteiger partial charge in [-0.25, -0.2) is 0 Å². The van der Waals surface area contributed by atoms with Crippen LogP contribution in [0.1, 0.15) is 32.6 Å². The molecular formula is C14H27ClN2O4. The highest BCUT2D eigenvalue weighted by atomic mass is 35.5. The second-order valence-corrected chi connectivity index (χ2v) is 5.69. The fraction of sp³-hybridized carbons (Fsp3) is 0.857. The molecule has 0 saturated carbocycles. The molecule has 0 aromatic carbocycles. The Kier molecular flexibility index (Phi) is 9.57. The van der Waals surface area contributed by atoms with Gasteiger partial charge in [0.05, 0.1) is 25.7 Å². The van der Waals surface area contributed by atoms with E-state index in [1.54, 1.807) is 14.0 Å². The van der Waals surface area contributed by atoms with Crippen LogP contribution in [0, 0.1) is 5.92 Å². The van der Waals surface area contributed by atoms with Crippen molar-refractivity contribution in [2.45, 2.75) is 38.1 Å². The van der Waals surface area contributed by atoms with Crippen LogP contribution in [0.5, 0.6) is 0 Å². The van der Waals surface area contributed by atoms with Gasteiger partial charge in [-0.05, 0) is 38.8 Å². The van der Waals surface area contributed by atoms with Gasteiger partial charge in [0, 0.05) is 13.5 Å². The summed E-state index contributed by atoms with van der Waals surface area (Å²) in [6, 6.07) is 0. The maximum Gasteiger partial charge on any atom is 0.307 e. The summed E-state index contributed by atoms with van der Waals surface area (Å²) in [5.74, 6) is 0.181. The Morgan fingerprint density at radius 2 is 2.10 bits per heavy atom. The Hall–Kier alpha value is -0.850. The Morgan fingerprint density at radius 3 is 2.62 bits per heavy atom. The summed E-state index contributed by atoms with van der Waals surface area (Å²) in [6.07, 6.45) is 2.59. The van der Waals surface area contributed by atoms with Gasteiger partial charge in [-0.2, -0.15) is 0 Å². The highest BCUT2D eigenvalue weighted by Gasteiger charge is 2.30. The minimum atomic E-state index is -0.715. The Bertz CT molecular complexity index is 335. The number of nitrogens with one attached hydrogen (secondary N) is 2. The van der Waals surface area contributed by atoms with Crippen LogP contribution in [0.2, 0.25) is 0 Å². The fourth-order valence-corrected chi connectivity index (χ4v) is 2.54. The maximum atomic E-state index is 12.0. The number of hydrogen-bond donors (Lipinski definition) is 2. The van der Waals surface area contributed by atoms with Gasteiger partial charge in [0.1, 0.15) is 0 Å². The van der Waals surface area contributed by atoms with E-state index in [1.165, 1.54) is 7.11 Å². The number of amides is 1. The molecule has 1 saturated heterocycles. The summed E-state index contributed by atoms with van der Waals surface area (Å²) >= 11 is 0. The van der Waals surface area contributed by atoms with Gasteiger partial charge in [0.25, 0.3) is 0 Å². The lowest BCUT2D eigenvalue weighted by molar-refractivity contribution is -0.143. The molecule has 21 heavy (non-hydrogen) atoms. The van der Waals surface area contributed by atoms with Crippen LogP contribution in [0.4, 0.5) is 0 Å². The molecule has 1 amide bonds. The SMILES string of the molecule is COCC(C)(CC(=O)OC)NC(=O)CCC1CCNC1.Cl. The third-order valence-electron chi connectivity index (χ3n) is 3.61. The molecule has 2 N–H and O–H groups in total. The van der Waals surface area contributed by atoms with Crippen LogP contribution in [0.3, 0.4) is 0 Å². The van der Waals surface area contributed by atoms with Crippen molar-refractivity contribution in [3.63, 3.8) is 0 Å². The first-order chi connectivity index (χ1) is 9.49. The molecule has 0 aliphatic carbocycles. The van der Waals surface area contributed by atoms with Crippen LogP contribution >= 0.6 is 12.4 Å². The zero-order valence-corrected chi connectivity index (χ0v) is 13.9. The summed E-state index contributed by atoms with van der Waals surface area (Å²) < 4.78 is 9.76. The average Bonchev–Trinajstić information content (AvgIpc) is 2.89. The lowest BCUT2D eigenvalue weighted by atomic mass is 9.97. The van der Waals surface area contributed by atoms with Crippen molar-refractivity contribution in [3.05, 3.63) is 0 Å². The average molecular weight is 323 g/mol. The van der Waals surface area contributed by atoms with Gasteiger partial charge in [-0.1, -0.05) is 0 Å². The lowest BCUT2D eigenvalue weighted by Gasteiger charge is -2.29. The monoisotopic (exact) mass is 322 g/mol. The predicted molar refractivity (Wildman–Crippen MR) is 82.5 cm³/mol. The molecule has 1 aliphatic rings. The molecule has 0 radical (unpaired) electrons. The van der Waals surface area contributed by atoms with E-state index in [-0.39, 0.29) is 37.3 Å². The van der Waals surface area contributed by atoms with E-state index in [0.717, 1.165) is 25.9 Å². The summed E-state index contributed by atoms with van der Waals surface area (Å²) in [4.78, 5) is 23.4. The highest BCUT2D eigenvalue weighted by molar-refractivity contribution is 5.85. The third-order valence-corrected chi connectivity index (χ3v) is 3.61. The number of halogens is 1. The number of ether oxygens (including phenoxy) is 2. The second kappa shape index (κ2) is 9.97. The molecule has 1 rings (SSSR count). The van der Waals surface area contributed by atoms with Crippen molar-refractivity contribution in [1.29, 1.82) is 0 Å². The van der Waals surface area contributed by atoms with Crippen LogP contribution in [0.15, 0.2) is 0 Å². The molecule has 0 bridgehead atoms. The van der Waals surface area contributed by atoms with E-state index in [9.17, 15) is 9.59 Å². The van der Waals surface area contributed by atoms with Crippen LogP contribution < -0.4 is 10.6 Å². The summed E-state index contributed by atoms with van der Waals surface area (Å²) in [6.45, 7) is 4.10. The maximum absolute atomic E-state index is 12.0. The van der Waals surface area contributed by atoms with Crippen molar-refractivity contribution in [3.8, 4) is 0 Å². The third kappa shape index (κ3) is 7.64. The van der Waals surface area contributed by atoms with Crippen molar-refractivity contribution >= 4 is 24.3 Å². The number of carbonyl (C=O) groups is 2.